The molecule has 3 heteroatoms. The van der Waals surface area contributed by atoms with Crippen molar-refractivity contribution < 1.29 is 9.84 Å². The Morgan fingerprint density at radius 3 is 2.47 bits per heavy atom. The number of anilines is 1. The summed E-state index contributed by atoms with van der Waals surface area (Å²) in [6.07, 6.45) is 6.28. The third-order valence-corrected chi connectivity index (χ3v) is 3.30. The van der Waals surface area contributed by atoms with E-state index in [-0.39, 0.29) is 11.9 Å². The second-order valence-corrected chi connectivity index (χ2v) is 4.92. The lowest BCUT2D eigenvalue weighted by Gasteiger charge is -2.24. The summed E-state index contributed by atoms with van der Waals surface area (Å²) in [4.78, 5) is 1.96. The van der Waals surface area contributed by atoms with Crippen LogP contribution in [0.15, 0.2) is 18.2 Å². The highest BCUT2D eigenvalue weighted by Crippen LogP contribution is 2.33. The van der Waals surface area contributed by atoms with E-state index in [0.717, 1.165) is 18.5 Å². The summed E-state index contributed by atoms with van der Waals surface area (Å²) < 4.78 is 5.85. The number of hydrogen-bond acceptors (Lipinski definition) is 3. The van der Waals surface area contributed by atoms with Crippen molar-refractivity contribution in [3.8, 4) is 11.5 Å². The molecule has 3 nitrogen and oxygen atoms in total. The number of rotatable bonds is 3. The Kier molecular flexibility index (Phi) is 3.77. The fourth-order valence-corrected chi connectivity index (χ4v) is 2.25. The quantitative estimate of drug-likeness (QED) is 0.873. The summed E-state index contributed by atoms with van der Waals surface area (Å²) in [7, 11) is 3.91. The first-order valence-corrected chi connectivity index (χ1v) is 6.34. The molecule has 0 atom stereocenters. The van der Waals surface area contributed by atoms with Crippen molar-refractivity contribution in [2.45, 2.75) is 38.2 Å². The molecule has 0 saturated heterocycles. The first kappa shape index (κ1) is 12.1. The SMILES string of the molecule is CN(C)c1ccc(OC2CCCCC2)c(O)c1. The predicted octanol–water partition coefficient (Wildman–Crippen LogP) is 3.17. The Labute approximate surface area is 103 Å². The summed E-state index contributed by atoms with van der Waals surface area (Å²) in [6, 6.07) is 5.58. The molecule has 0 bridgehead atoms. The zero-order chi connectivity index (χ0) is 12.3. The number of aromatic hydroxyl groups is 1. The number of phenols is 1. The van der Waals surface area contributed by atoms with Gasteiger partial charge in [-0.15, -0.1) is 0 Å². The van der Waals surface area contributed by atoms with Gasteiger partial charge in [0.25, 0.3) is 0 Å². The maximum atomic E-state index is 9.92. The molecule has 1 aromatic rings. The Morgan fingerprint density at radius 2 is 1.88 bits per heavy atom. The zero-order valence-corrected chi connectivity index (χ0v) is 10.6. The second kappa shape index (κ2) is 5.30. The number of nitrogens with zero attached hydrogens (tertiary/aromatic N) is 1. The summed E-state index contributed by atoms with van der Waals surface area (Å²) >= 11 is 0. The molecule has 0 aliphatic heterocycles. The van der Waals surface area contributed by atoms with E-state index in [1.165, 1.54) is 19.3 Å². The minimum atomic E-state index is 0.238. The summed E-state index contributed by atoms with van der Waals surface area (Å²) in [5, 5.41) is 9.92. The zero-order valence-electron chi connectivity index (χ0n) is 10.6. The first-order valence-electron chi connectivity index (χ1n) is 6.34. The molecule has 1 N–H and O–H groups in total. The topological polar surface area (TPSA) is 32.7 Å². The highest BCUT2D eigenvalue weighted by molar-refractivity contribution is 5.55. The highest BCUT2D eigenvalue weighted by atomic mass is 16.5. The van der Waals surface area contributed by atoms with Crippen molar-refractivity contribution >= 4 is 5.69 Å². The van der Waals surface area contributed by atoms with E-state index >= 15 is 0 Å². The number of benzene rings is 1. The van der Waals surface area contributed by atoms with Crippen molar-refractivity contribution in [1.29, 1.82) is 0 Å². The third kappa shape index (κ3) is 3.05. The molecule has 1 aromatic carbocycles. The molecular weight excluding hydrogens is 214 g/mol. The van der Waals surface area contributed by atoms with Gasteiger partial charge in [0, 0.05) is 25.8 Å². The second-order valence-electron chi connectivity index (χ2n) is 4.92. The van der Waals surface area contributed by atoms with Crippen LogP contribution >= 0.6 is 0 Å². The van der Waals surface area contributed by atoms with E-state index in [1.807, 2.05) is 31.1 Å². The van der Waals surface area contributed by atoms with Crippen LogP contribution in [0.25, 0.3) is 0 Å². The Balaban J connectivity index is 2.05. The molecule has 0 unspecified atom stereocenters. The molecule has 0 radical (unpaired) electrons. The van der Waals surface area contributed by atoms with Crippen LogP contribution in [0.1, 0.15) is 32.1 Å². The smallest absolute Gasteiger partial charge is 0.161 e. The van der Waals surface area contributed by atoms with Gasteiger partial charge in [-0.25, -0.2) is 0 Å². The molecule has 2 rings (SSSR count). The summed E-state index contributed by atoms with van der Waals surface area (Å²) in [5.74, 6) is 0.851. The van der Waals surface area contributed by atoms with E-state index in [1.54, 1.807) is 6.07 Å². The van der Waals surface area contributed by atoms with Gasteiger partial charge in [0.15, 0.2) is 11.5 Å². The molecular formula is C14H21NO2. The van der Waals surface area contributed by atoms with Crippen LogP contribution in [0.4, 0.5) is 5.69 Å². The van der Waals surface area contributed by atoms with Gasteiger partial charge in [-0.1, -0.05) is 6.42 Å². The van der Waals surface area contributed by atoms with Gasteiger partial charge in [-0.05, 0) is 37.8 Å². The van der Waals surface area contributed by atoms with Crippen LogP contribution in [0.3, 0.4) is 0 Å². The van der Waals surface area contributed by atoms with Crippen LogP contribution in [0.2, 0.25) is 0 Å². The molecule has 1 saturated carbocycles. The van der Waals surface area contributed by atoms with Crippen LogP contribution in [-0.4, -0.2) is 25.3 Å². The van der Waals surface area contributed by atoms with Gasteiger partial charge in [0.2, 0.25) is 0 Å². The first-order chi connectivity index (χ1) is 8.16. The maximum Gasteiger partial charge on any atom is 0.161 e. The summed E-state index contributed by atoms with van der Waals surface area (Å²) in [6.45, 7) is 0. The Hall–Kier alpha value is -1.38. The van der Waals surface area contributed by atoms with Crippen LogP contribution < -0.4 is 9.64 Å². The van der Waals surface area contributed by atoms with Gasteiger partial charge < -0.3 is 14.7 Å². The van der Waals surface area contributed by atoms with E-state index < -0.39 is 0 Å². The van der Waals surface area contributed by atoms with Gasteiger partial charge in [-0.2, -0.15) is 0 Å². The Morgan fingerprint density at radius 1 is 1.18 bits per heavy atom. The van der Waals surface area contributed by atoms with E-state index in [9.17, 15) is 5.11 Å². The molecule has 1 fully saturated rings. The molecule has 17 heavy (non-hydrogen) atoms. The van der Waals surface area contributed by atoms with Crippen molar-refractivity contribution in [3.63, 3.8) is 0 Å². The molecule has 0 aromatic heterocycles. The Bertz CT molecular complexity index is 370. The average Bonchev–Trinajstić information content (AvgIpc) is 2.33. The van der Waals surface area contributed by atoms with Crippen molar-refractivity contribution in [1.82, 2.24) is 0 Å². The van der Waals surface area contributed by atoms with Crippen molar-refractivity contribution in [3.05, 3.63) is 18.2 Å². The lowest BCUT2D eigenvalue weighted by Crippen LogP contribution is -2.19. The maximum absolute atomic E-state index is 9.92. The van der Waals surface area contributed by atoms with Crippen LogP contribution in [0, 0.1) is 0 Å². The fourth-order valence-electron chi connectivity index (χ4n) is 2.25. The lowest BCUT2D eigenvalue weighted by molar-refractivity contribution is 0.150. The molecule has 0 heterocycles. The van der Waals surface area contributed by atoms with Gasteiger partial charge in [-0.3, -0.25) is 0 Å². The van der Waals surface area contributed by atoms with E-state index in [4.69, 9.17) is 4.74 Å². The molecule has 0 amide bonds. The molecule has 1 aliphatic carbocycles. The largest absolute Gasteiger partial charge is 0.504 e. The fraction of sp³-hybridized carbons (Fsp3) is 0.571. The predicted molar refractivity (Wildman–Crippen MR) is 69.9 cm³/mol. The van der Waals surface area contributed by atoms with Crippen LogP contribution in [0.5, 0.6) is 11.5 Å². The minimum absolute atomic E-state index is 0.238. The normalized spacial score (nSPS) is 16.8. The van der Waals surface area contributed by atoms with Gasteiger partial charge >= 0.3 is 0 Å². The van der Waals surface area contributed by atoms with Crippen LogP contribution in [-0.2, 0) is 0 Å². The minimum Gasteiger partial charge on any atom is -0.504 e. The van der Waals surface area contributed by atoms with Crippen molar-refractivity contribution in [2.75, 3.05) is 19.0 Å². The number of hydrogen-bond donors (Lipinski definition) is 1. The van der Waals surface area contributed by atoms with E-state index in [2.05, 4.69) is 0 Å². The van der Waals surface area contributed by atoms with E-state index in [0.29, 0.717) is 5.75 Å². The average molecular weight is 235 g/mol. The molecule has 94 valence electrons. The van der Waals surface area contributed by atoms with Crippen molar-refractivity contribution in [2.24, 2.45) is 0 Å². The monoisotopic (exact) mass is 235 g/mol. The molecule has 1 aliphatic rings. The number of phenolic OH excluding ortho intramolecular Hbond substituents is 1. The van der Waals surface area contributed by atoms with Gasteiger partial charge in [0.1, 0.15) is 0 Å². The number of ether oxygens (including phenoxy) is 1. The molecule has 0 spiro atoms. The standard InChI is InChI=1S/C14H21NO2/c1-15(2)11-8-9-14(13(16)10-11)17-12-6-4-3-5-7-12/h8-10,12,16H,3-7H2,1-2H3. The van der Waals surface area contributed by atoms with Gasteiger partial charge in [0.05, 0.1) is 6.10 Å². The summed E-state index contributed by atoms with van der Waals surface area (Å²) in [5.41, 5.74) is 0.985. The third-order valence-electron chi connectivity index (χ3n) is 3.30. The lowest BCUT2D eigenvalue weighted by atomic mass is 9.98. The highest BCUT2D eigenvalue weighted by Gasteiger charge is 2.16.